The van der Waals surface area contributed by atoms with E-state index in [0.29, 0.717) is 18.6 Å². The van der Waals surface area contributed by atoms with E-state index in [-0.39, 0.29) is 11.3 Å². The van der Waals surface area contributed by atoms with Crippen molar-refractivity contribution in [1.29, 1.82) is 0 Å². The van der Waals surface area contributed by atoms with Gasteiger partial charge in [0.15, 0.2) is 0 Å². The van der Waals surface area contributed by atoms with E-state index >= 15 is 0 Å². The first-order valence-corrected chi connectivity index (χ1v) is 7.13. The van der Waals surface area contributed by atoms with E-state index in [9.17, 15) is 4.79 Å². The highest BCUT2D eigenvalue weighted by Gasteiger charge is 2.39. The van der Waals surface area contributed by atoms with Crippen LogP contribution in [0.5, 0.6) is 0 Å². The minimum absolute atomic E-state index is 0.252. The van der Waals surface area contributed by atoms with Crippen molar-refractivity contribution < 1.29 is 4.79 Å². The van der Waals surface area contributed by atoms with Crippen LogP contribution in [-0.4, -0.2) is 54.5 Å². The molecule has 4 heteroatoms. The Morgan fingerprint density at radius 1 is 1.22 bits per heavy atom. The van der Waals surface area contributed by atoms with Crippen molar-refractivity contribution in [3.05, 3.63) is 0 Å². The topological polar surface area (TPSA) is 49.6 Å². The number of nitrogens with zero attached hydrogens (tertiary/aromatic N) is 2. The average molecular weight is 255 g/mol. The van der Waals surface area contributed by atoms with E-state index in [0.717, 1.165) is 25.9 Å². The SMILES string of the molecule is CCC(CC)(CN)C(=O)N1CC(C)N(C)C(C)C1. The van der Waals surface area contributed by atoms with Crippen molar-refractivity contribution in [2.45, 2.75) is 52.6 Å². The standard InChI is InChI=1S/C14H29N3O/c1-6-14(7-2,10-15)13(18)17-8-11(3)16(5)12(4)9-17/h11-12H,6-10,15H2,1-5H3. The quantitative estimate of drug-likeness (QED) is 0.824. The molecule has 0 bridgehead atoms. The lowest BCUT2D eigenvalue weighted by molar-refractivity contribution is -0.146. The molecular formula is C14H29N3O. The van der Waals surface area contributed by atoms with Crippen LogP contribution in [0.4, 0.5) is 0 Å². The second kappa shape index (κ2) is 6.02. The summed E-state index contributed by atoms with van der Waals surface area (Å²) < 4.78 is 0. The van der Waals surface area contributed by atoms with E-state index in [1.807, 2.05) is 4.90 Å². The van der Waals surface area contributed by atoms with Gasteiger partial charge in [-0.05, 0) is 33.7 Å². The Kier molecular flexibility index (Phi) is 5.17. The lowest BCUT2D eigenvalue weighted by Gasteiger charge is -2.45. The summed E-state index contributed by atoms with van der Waals surface area (Å²) >= 11 is 0. The van der Waals surface area contributed by atoms with Gasteiger partial charge in [-0.25, -0.2) is 0 Å². The van der Waals surface area contributed by atoms with Crippen LogP contribution in [0.2, 0.25) is 0 Å². The van der Waals surface area contributed by atoms with Gasteiger partial charge in [-0.3, -0.25) is 9.69 Å². The third-order valence-electron chi connectivity index (χ3n) is 4.84. The molecule has 1 amide bonds. The van der Waals surface area contributed by atoms with Crippen LogP contribution in [0.1, 0.15) is 40.5 Å². The highest BCUT2D eigenvalue weighted by molar-refractivity contribution is 5.83. The molecule has 1 heterocycles. The highest BCUT2D eigenvalue weighted by Crippen LogP contribution is 2.29. The Morgan fingerprint density at radius 2 is 1.67 bits per heavy atom. The second-order valence-corrected chi connectivity index (χ2v) is 5.77. The van der Waals surface area contributed by atoms with Gasteiger partial charge in [-0.15, -0.1) is 0 Å². The largest absolute Gasteiger partial charge is 0.339 e. The molecule has 4 nitrogen and oxygen atoms in total. The molecule has 1 saturated heterocycles. The van der Waals surface area contributed by atoms with Crippen LogP contribution in [0, 0.1) is 5.41 Å². The van der Waals surface area contributed by atoms with Crippen LogP contribution < -0.4 is 5.73 Å². The van der Waals surface area contributed by atoms with Crippen LogP contribution in [-0.2, 0) is 4.79 Å². The van der Waals surface area contributed by atoms with Crippen molar-refractivity contribution in [3.8, 4) is 0 Å². The number of carbonyl (C=O) groups is 1. The Balaban J connectivity index is 2.84. The fourth-order valence-corrected chi connectivity index (χ4v) is 2.83. The molecule has 0 aliphatic carbocycles. The normalized spacial score (nSPS) is 26.4. The number of carbonyl (C=O) groups excluding carboxylic acids is 1. The number of rotatable bonds is 4. The van der Waals surface area contributed by atoms with Crippen LogP contribution in [0.15, 0.2) is 0 Å². The number of hydrogen-bond acceptors (Lipinski definition) is 3. The lowest BCUT2D eigenvalue weighted by Crippen LogP contribution is -2.60. The smallest absolute Gasteiger partial charge is 0.230 e. The predicted octanol–water partition coefficient (Wildman–Crippen LogP) is 1.30. The Morgan fingerprint density at radius 3 is 2.00 bits per heavy atom. The first kappa shape index (κ1) is 15.4. The van der Waals surface area contributed by atoms with Gasteiger partial charge in [0.25, 0.3) is 0 Å². The maximum Gasteiger partial charge on any atom is 0.230 e. The zero-order chi connectivity index (χ0) is 13.9. The monoisotopic (exact) mass is 255 g/mol. The molecule has 106 valence electrons. The number of nitrogens with two attached hydrogens (primary N) is 1. The summed E-state index contributed by atoms with van der Waals surface area (Å²) in [6.07, 6.45) is 1.65. The lowest BCUT2D eigenvalue weighted by atomic mass is 9.80. The van der Waals surface area contributed by atoms with Crippen LogP contribution in [0.25, 0.3) is 0 Å². The van der Waals surface area contributed by atoms with E-state index in [1.54, 1.807) is 0 Å². The number of amides is 1. The van der Waals surface area contributed by atoms with Gasteiger partial charge in [0.1, 0.15) is 0 Å². The molecule has 0 aromatic carbocycles. The third-order valence-corrected chi connectivity index (χ3v) is 4.84. The first-order chi connectivity index (χ1) is 8.41. The van der Waals surface area contributed by atoms with Gasteiger partial charge in [-0.2, -0.15) is 0 Å². The summed E-state index contributed by atoms with van der Waals surface area (Å²) in [6, 6.07) is 0.837. The van der Waals surface area contributed by atoms with E-state index in [4.69, 9.17) is 5.73 Å². The highest BCUT2D eigenvalue weighted by atomic mass is 16.2. The first-order valence-electron chi connectivity index (χ1n) is 7.13. The molecule has 0 spiro atoms. The van der Waals surface area contributed by atoms with Gasteiger partial charge in [0, 0.05) is 31.7 Å². The minimum Gasteiger partial charge on any atom is -0.339 e. The van der Waals surface area contributed by atoms with Gasteiger partial charge in [0.2, 0.25) is 5.91 Å². The molecule has 18 heavy (non-hydrogen) atoms. The van der Waals surface area contributed by atoms with Crippen molar-refractivity contribution in [3.63, 3.8) is 0 Å². The zero-order valence-electron chi connectivity index (χ0n) is 12.6. The molecule has 2 atom stereocenters. The van der Waals surface area contributed by atoms with Crippen molar-refractivity contribution in [2.75, 3.05) is 26.7 Å². The minimum atomic E-state index is -0.352. The van der Waals surface area contributed by atoms with Gasteiger partial charge < -0.3 is 10.6 Å². The van der Waals surface area contributed by atoms with Crippen molar-refractivity contribution >= 4 is 5.91 Å². The Labute approximate surface area is 111 Å². The maximum atomic E-state index is 12.7. The molecule has 2 unspecified atom stereocenters. The molecule has 0 aromatic heterocycles. The van der Waals surface area contributed by atoms with E-state index < -0.39 is 0 Å². The maximum absolute atomic E-state index is 12.7. The van der Waals surface area contributed by atoms with Crippen LogP contribution in [0.3, 0.4) is 0 Å². The fraction of sp³-hybridized carbons (Fsp3) is 0.929. The van der Waals surface area contributed by atoms with Gasteiger partial charge in [-0.1, -0.05) is 13.8 Å². The molecule has 0 radical (unpaired) electrons. The summed E-state index contributed by atoms with van der Waals surface area (Å²) in [6.45, 7) is 10.6. The third kappa shape index (κ3) is 2.69. The molecule has 0 saturated carbocycles. The fourth-order valence-electron chi connectivity index (χ4n) is 2.83. The predicted molar refractivity (Wildman–Crippen MR) is 75.3 cm³/mol. The average Bonchev–Trinajstić information content (AvgIpc) is 2.38. The number of hydrogen-bond donors (Lipinski definition) is 1. The molecule has 1 aliphatic heterocycles. The summed E-state index contributed by atoms with van der Waals surface area (Å²) in [5.74, 6) is 0.252. The van der Waals surface area contributed by atoms with Gasteiger partial charge in [0.05, 0.1) is 5.41 Å². The summed E-state index contributed by atoms with van der Waals surface area (Å²) in [4.78, 5) is 17.1. The van der Waals surface area contributed by atoms with Crippen LogP contribution >= 0.6 is 0 Å². The van der Waals surface area contributed by atoms with Gasteiger partial charge >= 0.3 is 0 Å². The molecule has 2 N–H and O–H groups in total. The molecule has 1 aliphatic rings. The number of likely N-dealkylation sites (N-methyl/N-ethyl adjacent to an activating group) is 1. The Hall–Kier alpha value is -0.610. The molecule has 1 fully saturated rings. The van der Waals surface area contributed by atoms with E-state index in [1.165, 1.54) is 0 Å². The molecule has 1 rings (SSSR count). The molecular weight excluding hydrogens is 226 g/mol. The summed E-state index contributed by atoms with van der Waals surface area (Å²) in [7, 11) is 2.13. The van der Waals surface area contributed by atoms with Crippen molar-refractivity contribution in [1.82, 2.24) is 9.80 Å². The zero-order valence-corrected chi connectivity index (χ0v) is 12.6. The second-order valence-electron chi connectivity index (χ2n) is 5.77. The van der Waals surface area contributed by atoms with E-state index in [2.05, 4.69) is 39.6 Å². The molecule has 0 aromatic rings. The Bertz CT molecular complexity index is 268. The number of piperazine rings is 1. The summed E-state index contributed by atoms with van der Waals surface area (Å²) in [5, 5.41) is 0. The van der Waals surface area contributed by atoms with Crippen molar-refractivity contribution in [2.24, 2.45) is 11.1 Å². The summed E-state index contributed by atoms with van der Waals surface area (Å²) in [5.41, 5.74) is 5.52.